The molecule has 0 aliphatic carbocycles. The molecule has 2 nitrogen and oxygen atoms in total. The van der Waals surface area contributed by atoms with E-state index in [2.05, 4.69) is 6.58 Å². The van der Waals surface area contributed by atoms with Crippen LogP contribution in [0.25, 0.3) is 5.57 Å². The summed E-state index contributed by atoms with van der Waals surface area (Å²) >= 11 is 0. The van der Waals surface area contributed by atoms with E-state index >= 15 is 0 Å². The standard InChI is InChI=1S/C11H11F3O2/c1-7(11(12,13)14)8-4-5-9(15-2)10(6-8)16-3/h4-6H,1H2,2-3H3. The number of rotatable bonds is 3. The number of hydrogen-bond acceptors (Lipinski definition) is 2. The van der Waals surface area contributed by atoms with E-state index < -0.39 is 11.7 Å². The number of halogens is 3. The first-order valence-corrected chi connectivity index (χ1v) is 4.38. The van der Waals surface area contributed by atoms with Crippen molar-refractivity contribution in [2.75, 3.05) is 14.2 Å². The summed E-state index contributed by atoms with van der Waals surface area (Å²) in [7, 11) is 2.77. The summed E-state index contributed by atoms with van der Waals surface area (Å²) in [5.74, 6) is 0.617. The van der Waals surface area contributed by atoms with Crippen LogP contribution in [0.4, 0.5) is 13.2 Å². The predicted octanol–water partition coefficient (Wildman–Crippen LogP) is 3.28. The molecule has 0 unspecified atom stereocenters. The normalized spacial score (nSPS) is 11.1. The zero-order valence-electron chi connectivity index (χ0n) is 8.89. The molecule has 1 aromatic rings. The van der Waals surface area contributed by atoms with Crippen LogP contribution in [0.5, 0.6) is 11.5 Å². The van der Waals surface area contributed by atoms with Gasteiger partial charge in [0.15, 0.2) is 11.5 Å². The molecule has 0 aliphatic heterocycles. The van der Waals surface area contributed by atoms with Crippen LogP contribution in [0, 0.1) is 0 Å². The first-order valence-electron chi connectivity index (χ1n) is 4.38. The van der Waals surface area contributed by atoms with Crippen LogP contribution in [-0.2, 0) is 0 Å². The Labute approximate surface area is 91.3 Å². The Hall–Kier alpha value is -1.65. The summed E-state index contributed by atoms with van der Waals surface area (Å²) in [5, 5.41) is 0. The highest BCUT2D eigenvalue weighted by atomic mass is 19.4. The monoisotopic (exact) mass is 232 g/mol. The summed E-state index contributed by atoms with van der Waals surface area (Å²) in [6.45, 7) is 3.01. The molecule has 0 saturated heterocycles. The third kappa shape index (κ3) is 2.48. The Morgan fingerprint density at radius 2 is 1.69 bits per heavy atom. The predicted molar refractivity (Wildman–Crippen MR) is 54.6 cm³/mol. The van der Waals surface area contributed by atoms with E-state index in [1.54, 1.807) is 0 Å². The van der Waals surface area contributed by atoms with E-state index in [-0.39, 0.29) is 11.3 Å². The van der Waals surface area contributed by atoms with E-state index in [1.807, 2.05) is 0 Å². The topological polar surface area (TPSA) is 18.5 Å². The smallest absolute Gasteiger partial charge is 0.416 e. The third-order valence-corrected chi connectivity index (χ3v) is 2.07. The van der Waals surface area contributed by atoms with Crippen molar-refractivity contribution in [1.29, 1.82) is 0 Å². The first kappa shape index (κ1) is 12.4. The van der Waals surface area contributed by atoms with Crippen molar-refractivity contribution in [1.82, 2.24) is 0 Å². The van der Waals surface area contributed by atoms with Crippen molar-refractivity contribution in [2.45, 2.75) is 6.18 Å². The van der Waals surface area contributed by atoms with E-state index in [0.29, 0.717) is 5.75 Å². The van der Waals surface area contributed by atoms with Crippen LogP contribution < -0.4 is 9.47 Å². The molecular formula is C11H11F3O2. The molecule has 1 rings (SSSR count). The Bertz CT molecular complexity index is 397. The SMILES string of the molecule is C=C(c1ccc(OC)c(OC)c1)C(F)(F)F. The molecule has 0 aromatic heterocycles. The average molecular weight is 232 g/mol. The van der Waals surface area contributed by atoms with Gasteiger partial charge in [-0.2, -0.15) is 13.2 Å². The van der Waals surface area contributed by atoms with Gasteiger partial charge in [0.05, 0.1) is 19.8 Å². The highest BCUT2D eigenvalue weighted by Gasteiger charge is 2.33. The van der Waals surface area contributed by atoms with E-state index in [4.69, 9.17) is 9.47 Å². The Kier molecular flexibility index (Phi) is 3.47. The van der Waals surface area contributed by atoms with Crippen molar-refractivity contribution in [3.8, 4) is 11.5 Å². The summed E-state index contributed by atoms with van der Waals surface area (Å²) in [4.78, 5) is 0. The van der Waals surface area contributed by atoms with Crippen LogP contribution in [0.2, 0.25) is 0 Å². The molecule has 0 amide bonds. The molecule has 1 aromatic carbocycles. The molecule has 0 heterocycles. The van der Waals surface area contributed by atoms with E-state index in [1.165, 1.54) is 32.4 Å². The lowest BCUT2D eigenvalue weighted by atomic mass is 10.1. The van der Waals surface area contributed by atoms with Gasteiger partial charge >= 0.3 is 6.18 Å². The van der Waals surface area contributed by atoms with Crippen LogP contribution in [0.15, 0.2) is 24.8 Å². The van der Waals surface area contributed by atoms with Crippen molar-refractivity contribution in [3.63, 3.8) is 0 Å². The number of alkyl halides is 3. The third-order valence-electron chi connectivity index (χ3n) is 2.07. The fourth-order valence-electron chi connectivity index (χ4n) is 1.19. The summed E-state index contributed by atoms with van der Waals surface area (Å²) < 4.78 is 47.0. The van der Waals surface area contributed by atoms with Crippen LogP contribution in [0.3, 0.4) is 0 Å². The largest absolute Gasteiger partial charge is 0.493 e. The fourth-order valence-corrected chi connectivity index (χ4v) is 1.19. The number of allylic oxidation sites excluding steroid dienone is 1. The number of ether oxygens (including phenoxy) is 2. The van der Waals surface area contributed by atoms with Gasteiger partial charge in [0.25, 0.3) is 0 Å². The van der Waals surface area contributed by atoms with Gasteiger partial charge in [-0.15, -0.1) is 0 Å². The van der Waals surface area contributed by atoms with Crippen molar-refractivity contribution in [3.05, 3.63) is 30.3 Å². The highest BCUT2D eigenvalue weighted by Crippen LogP contribution is 2.36. The Morgan fingerprint density at radius 1 is 1.12 bits per heavy atom. The Balaban J connectivity index is 3.13. The van der Waals surface area contributed by atoms with Gasteiger partial charge in [0.1, 0.15) is 0 Å². The molecule has 0 bridgehead atoms. The second-order valence-electron chi connectivity index (χ2n) is 3.05. The minimum atomic E-state index is -4.44. The van der Waals surface area contributed by atoms with E-state index in [0.717, 1.165) is 0 Å². The summed E-state index contributed by atoms with van der Waals surface area (Å²) in [5.41, 5.74) is -0.946. The molecule has 0 fully saturated rings. The number of benzene rings is 1. The van der Waals surface area contributed by atoms with Crippen molar-refractivity contribution >= 4 is 5.57 Å². The average Bonchev–Trinajstić information content (AvgIpc) is 2.25. The molecule has 88 valence electrons. The van der Waals surface area contributed by atoms with Crippen LogP contribution in [-0.4, -0.2) is 20.4 Å². The molecule has 0 spiro atoms. The quantitative estimate of drug-likeness (QED) is 0.796. The minimum absolute atomic E-state index is 0.0369. The lowest BCUT2D eigenvalue weighted by Gasteiger charge is -2.13. The summed E-state index contributed by atoms with van der Waals surface area (Å²) in [6, 6.07) is 3.94. The molecule has 0 N–H and O–H groups in total. The maximum Gasteiger partial charge on any atom is 0.416 e. The van der Waals surface area contributed by atoms with Crippen LogP contribution >= 0.6 is 0 Å². The van der Waals surface area contributed by atoms with Crippen molar-refractivity contribution < 1.29 is 22.6 Å². The molecule has 5 heteroatoms. The zero-order chi connectivity index (χ0) is 12.3. The van der Waals surface area contributed by atoms with Crippen LogP contribution in [0.1, 0.15) is 5.56 Å². The minimum Gasteiger partial charge on any atom is -0.493 e. The van der Waals surface area contributed by atoms with E-state index in [9.17, 15) is 13.2 Å². The Morgan fingerprint density at radius 3 is 2.12 bits per heavy atom. The molecule has 0 radical (unpaired) electrons. The molecule has 0 atom stereocenters. The summed E-state index contributed by atoms with van der Waals surface area (Å²) in [6.07, 6.45) is -4.44. The molecular weight excluding hydrogens is 221 g/mol. The van der Waals surface area contributed by atoms with Crippen molar-refractivity contribution in [2.24, 2.45) is 0 Å². The second-order valence-corrected chi connectivity index (χ2v) is 3.05. The highest BCUT2D eigenvalue weighted by molar-refractivity contribution is 5.69. The fraction of sp³-hybridized carbons (Fsp3) is 0.273. The lowest BCUT2D eigenvalue weighted by Crippen LogP contribution is -2.09. The lowest BCUT2D eigenvalue weighted by molar-refractivity contribution is -0.0686. The first-order chi connectivity index (χ1) is 7.40. The number of hydrogen-bond donors (Lipinski definition) is 0. The maximum atomic E-state index is 12.4. The van der Waals surface area contributed by atoms with Gasteiger partial charge in [0, 0.05) is 0 Å². The molecule has 0 aliphatic rings. The molecule has 0 saturated carbocycles. The zero-order valence-corrected chi connectivity index (χ0v) is 8.89. The van der Waals surface area contributed by atoms with Gasteiger partial charge in [0.2, 0.25) is 0 Å². The maximum absolute atomic E-state index is 12.4. The number of methoxy groups -OCH3 is 2. The van der Waals surface area contributed by atoms with Gasteiger partial charge in [-0.3, -0.25) is 0 Å². The van der Waals surface area contributed by atoms with Gasteiger partial charge < -0.3 is 9.47 Å². The van der Waals surface area contributed by atoms with Gasteiger partial charge in [-0.25, -0.2) is 0 Å². The van der Waals surface area contributed by atoms with Gasteiger partial charge in [-0.1, -0.05) is 12.6 Å². The van der Waals surface area contributed by atoms with Gasteiger partial charge in [-0.05, 0) is 17.7 Å². The second kappa shape index (κ2) is 4.47. The molecule has 16 heavy (non-hydrogen) atoms.